The zero-order valence-corrected chi connectivity index (χ0v) is 13.3. The van der Waals surface area contributed by atoms with E-state index in [0.29, 0.717) is 6.42 Å². The Hall–Kier alpha value is -1.74. The summed E-state index contributed by atoms with van der Waals surface area (Å²) in [6.07, 6.45) is 1.38. The molecule has 0 saturated carbocycles. The normalized spacial score (nSPS) is 12.3. The van der Waals surface area contributed by atoms with Crippen LogP contribution in [0, 0.1) is 5.92 Å². The van der Waals surface area contributed by atoms with Crippen molar-refractivity contribution in [2.24, 2.45) is 5.92 Å². The fourth-order valence-electron chi connectivity index (χ4n) is 1.59. The number of alkyl carbamates (subject to hydrolysis) is 1. The Bertz CT molecular complexity index is 390. The minimum atomic E-state index is -0.626. The molecule has 0 aromatic heterocycles. The summed E-state index contributed by atoms with van der Waals surface area (Å²) in [5.74, 6) is 0.0423. The summed E-state index contributed by atoms with van der Waals surface area (Å²) in [5.41, 5.74) is 1.94. The minimum Gasteiger partial charge on any atom is -0.444 e. The van der Waals surface area contributed by atoms with E-state index in [0.717, 1.165) is 0 Å². The summed E-state index contributed by atoms with van der Waals surface area (Å²) < 4.78 is 5.18. The van der Waals surface area contributed by atoms with Gasteiger partial charge in [-0.25, -0.2) is 4.79 Å². The standard InChI is InChI=1S/C15H26N2O3/c1-8-9-17(7)13(18)12(10-11(2)3)16-14(19)20-15(4,5)6/h9,11-12H,1,10H2,2-7H3,(H,16,19)/t12-/m0/s1. The van der Waals surface area contributed by atoms with Crippen molar-refractivity contribution in [3.05, 3.63) is 18.5 Å². The number of nitrogens with zero attached hydrogens (tertiary/aromatic N) is 1. The smallest absolute Gasteiger partial charge is 0.408 e. The average Bonchev–Trinajstić information content (AvgIpc) is 2.24. The summed E-state index contributed by atoms with van der Waals surface area (Å²) in [6.45, 7) is 12.7. The summed E-state index contributed by atoms with van der Waals surface area (Å²) in [6, 6.07) is -0.626. The number of amides is 2. The summed E-state index contributed by atoms with van der Waals surface area (Å²) >= 11 is 0. The van der Waals surface area contributed by atoms with Crippen molar-refractivity contribution in [3.8, 4) is 0 Å². The Morgan fingerprint density at radius 3 is 2.35 bits per heavy atom. The lowest BCUT2D eigenvalue weighted by atomic mass is 10.0. The molecular weight excluding hydrogens is 256 g/mol. The number of hydrogen-bond donors (Lipinski definition) is 1. The number of nitrogens with one attached hydrogen (secondary N) is 1. The third-order valence-corrected chi connectivity index (χ3v) is 2.33. The SMILES string of the molecule is C=C=CN(C)C(=O)[C@H](CC(C)C)NC(=O)OC(C)(C)C. The van der Waals surface area contributed by atoms with Crippen LogP contribution in [-0.2, 0) is 9.53 Å². The highest BCUT2D eigenvalue weighted by atomic mass is 16.6. The molecule has 0 rings (SSSR count). The second kappa shape index (κ2) is 7.75. The van der Waals surface area contributed by atoms with Crippen molar-refractivity contribution in [1.82, 2.24) is 10.2 Å². The summed E-state index contributed by atoms with van der Waals surface area (Å²) in [4.78, 5) is 25.4. The number of likely N-dealkylation sites (N-methyl/N-ethyl adjacent to an activating group) is 1. The van der Waals surface area contributed by atoms with Crippen LogP contribution < -0.4 is 5.32 Å². The Labute approximate surface area is 121 Å². The highest BCUT2D eigenvalue weighted by Crippen LogP contribution is 2.11. The lowest BCUT2D eigenvalue weighted by Gasteiger charge is -2.25. The predicted octanol–water partition coefficient (Wildman–Crippen LogP) is 2.68. The molecule has 1 atom stereocenters. The quantitative estimate of drug-likeness (QED) is 0.789. The van der Waals surface area contributed by atoms with E-state index in [2.05, 4.69) is 17.6 Å². The second-order valence-electron chi connectivity index (χ2n) is 6.11. The van der Waals surface area contributed by atoms with Crippen LogP contribution in [0.1, 0.15) is 41.0 Å². The first-order chi connectivity index (χ1) is 9.06. The van der Waals surface area contributed by atoms with E-state index in [1.165, 1.54) is 11.1 Å². The van der Waals surface area contributed by atoms with Crippen LogP contribution in [0.5, 0.6) is 0 Å². The van der Waals surface area contributed by atoms with Gasteiger partial charge in [0, 0.05) is 13.2 Å². The molecule has 0 saturated heterocycles. The molecule has 0 aromatic rings. The average molecular weight is 282 g/mol. The fourth-order valence-corrected chi connectivity index (χ4v) is 1.59. The molecule has 0 unspecified atom stereocenters. The Kier molecular flexibility index (Phi) is 7.08. The number of carbonyl (C=O) groups is 2. The molecule has 2 amide bonds. The van der Waals surface area contributed by atoms with E-state index in [4.69, 9.17) is 4.74 Å². The predicted molar refractivity (Wildman–Crippen MR) is 79.1 cm³/mol. The van der Waals surface area contributed by atoms with Gasteiger partial charge in [-0.15, -0.1) is 5.73 Å². The van der Waals surface area contributed by atoms with Crippen LogP contribution in [0.3, 0.4) is 0 Å². The summed E-state index contributed by atoms with van der Waals surface area (Å²) in [5, 5.41) is 2.62. The first kappa shape index (κ1) is 18.3. The van der Waals surface area contributed by atoms with Crippen LogP contribution in [0.2, 0.25) is 0 Å². The van der Waals surface area contributed by atoms with Crippen LogP contribution >= 0.6 is 0 Å². The zero-order valence-electron chi connectivity index (χ0n) is 13.3. The van der Waals surface area contributed by atoms with E-state index >= 15 is 0 Å². The molecular formula is C15H26N2O3. The van der Waals surface area contributed by atoms with Gasteiger partial charge in [0.05, 0.1) is 0 Å². The minimum absolute atomic E-state index is 0.222. The highest BCUT2D eigenvalue weighted by Gasteiger charge is 2.26. The molecule has 5 heteroatoms. The molecule has 20 heavy (non-hydrogen) atoms. The van der Waals surface area contributed by atoms with Crippen molar-refractivity contribution in [3.63, 3.8) is 0 Å². The molecule has 0 radical (unpaired) electrons. The van der Waals surface area contributed by atoms with Gasteiger partial charge in [-0.1, -0.05) is 20.4 Å². The van der Waals surface area contributed by atoms with Gasteiger partial charge in [-0.3, -0.25) is 4.79 Å². The maximum atomic E-state index is 12.2. The molecule has 0 fully saturated rings. The van der Waals surface area contributed by atoms with E-state index in [1.807, 2.05) is 13.8 Å². The number of carbonyl (C=O) groups excluding carboxylic acids is 2. The van der Waals surface area contributed by atoms with Gasteiger partial charge >= 0.3 is 6.09 Å². The molecule has 0 aromatic carbocycles. The van der Waals surface area contributed by atoms with Crippen molar-refractivity contribution in [2.75, 3.05) is 7.05 Å². The van der Waals surface area contributed by atoms with Crippen LogP contribution in [0.4, 0.5) is 4.79 Å². The zero-order chi connectivity index (χ0) is 15.9. The van der Waals surface area contributed by atoms with Gasteiger partial charge < -0.3 is 15.0 Å². The Morgan fingerprint density at radius 1 is 1.40 bits per heavy atom. The van der Waals surface area contributed by atoms with Crippen LogP contribution in [0.25, 0.3) is 0 Å². The summed E-state index contributed by atoms with van der Waals surface area (Å²) in [7, 11) is 1.60. The maximum Gasteiger partial charge on any atom is 0.408 e. The van der Waals surface area contributed by atoms with E-state index < -0.39 is 17.7 Å². The lowest BCUT2D eigenvalue weighted by Crippen LogP contribution is -2.48. The molecule has 0 heterocycles. The molecule has 0 aliphatic rings. The number of hydrogen-bond acceptors (Lipinski definition) is 3. The maximum absolute atomic E-state index is 12.2. The van der Waals surface area contributed by atoms with Crippen molar-refractivity contribution >= 4 is 12.0 Å². The highest BCUT2D eigenvalue weighted by molar-refractivity contribution is 5.86. The molecule has 0 spiro atoms. The first-order valence-corrected chi connectivity index (χ1v) is 6.69. The third kappa shape index (κ3) is 7.64. The van der Waals surface area contributed by atoms with Crippen molar-refractivity contribution in [1.29, 1.82) is 0 Å². The lowest BCUT2D eigenvalue weighted by molar-refractivity contribution is -0.130. The molecule has 0 aliphatic heterocycles. The monoisotopic (exact) mass is 282 g/mol. The van der Waals surface area contributed by atoms with E-state index in [1.54, 1.807) is 27.8 Å². The van der Waals surface area contributed by atoms with Crippen molar-refractivity contribution in [2.45, 2.75) is 52.7 Å². The molecule has 114 valence electrons. The van der Waals surface area contributed by atoms with Gasteiger partial charge in [-0.05, 0) is 33.1 Å². The van der Waals surface area contributed by atoms with E-state index in [-0.39, 0.29) is 11.8 Å². The van der Waals surface area contributed by atoms with Crippen LogP contribution in [0.15, 0.2) is 18.5 Å². The van der Waals surface area contributed by atoms with E-state index in [9.17, 15) is 9.59 Å². The fraction of sp³-hybridized carbons (Fsp3) is 0.667. The molecule has 0 bridgehead atoms. The van der Waals surface area contributed by atoms with Gasteiger partial charge in [-0.2, -0.15) is 0 Å². The molecule has 5 nitrogen and oxygen atoms in total. The van der Waals surface area contributed by atoms with Gasteiger partial charge in [0.25, 0.3) is 0 Å². The Balaban J connectivity index is 4.85. The third-order valence-electron chi connectivity index (χ3n) is 2.33. The number of ether oxygens (including phenoxy) is 1. The number of rotatable bonds is 5. The first-order valence-electron chi connectivity index (χ1n) is 6.69. The molecule has 1 N–H and O–H groups in total. The second-order valence-corrected chi connectivity index (χ2v) is 6.11. The van der Waals surface area contributed by atoms with Gasteiger partial charge in [0.1, 0.15) is 11.6 Å². The topological polar surface area (TPSA) is 58.6 Å². The largest absolute Gasteiger partial charge is 0.444 e. The Morgan fingerprint density at radius 2 is 1.95 bits per heavy atom. The van der Waals surface area contributed by atoms with Gasteiger partial charge in [0.2, 0.25) is 5.91 Å². The van der Waals surface area contributed by atoms with Gasteiger partial charge in [0.15, 0.2) is 0 Å². The van der Waals surface area contributed by atoms with Crippen molar-refractivity contribution < 1.29 is 14.3 Å². The van der Waals surface area contributed by atoms with Crippen LogP contribution in [-0.4, -0.2) is 35.6 Å². The molecule has 0 aliphatic carbocycles.